The Labute approximate surface area is 176 Å². The second-order valence-electron chi connectivity index (χ2n) is 7.63. The molecule has 0 aliphatic rings. The maximum atomic E-state index is 13.7. The van der Waals surface area contributed by atoms with Crippen molar-refractivity contribution in [1.82, 2.24) is 10.1 Å². The number of rotatable bonds is 9. The number of nitrogens with one attached hydrogen (secondary N) is 1. The Morgan fingerprint density at radius 2 is 1.57 bits per heavy atom. The average Bonchev–Trinajstić information content (AvgIpc) is 3.25. The fourth-order valence-electron chi connectivity index (χ4n) is 3.27. The fraction of sp³-hybridized carbons (Fsp3) is 0.292. The van der Waals surface area contributed by atoms with E-state index in [2.05, 4.69) is 24.3 Å². The summed E-state index contributed by atoms with van der Waals surface area (Å²) in [5, 5.41) is 6.38. The number of nitrogens with zero attached hydrogens (tertiary/aromatic N) is 2. The highest BCUT2D eigenvalue weighted by molar-refractivity contribution is 5.95. The van der Waals surface area contributed by atoms with Crippen molar-refractivity contribution in [2.45, 2.75) is 26.2 Å². The zero-order valence-electron chi connectivity index (χ0n) is 17.3. The summed E-state index contributed by atoms with van der Waals surface area (Å²) in [6.07, 6.45) is 2.19. The van der Waals surface area contributed by atoms with Crippen LogP contribution in [0.15, 0.2) is 77.5 Å². The van der Waals surface area contributed by atoms with Crippen LogP contribution in [0.3, 0.4) is 0 Å². The lowest BCUT2D eigenvalue weighted by atomic mass is 9.90. The third-order valence-corrected chi connectivity index (χ3v) is 4.84. The van der Waals surface area contributed by atoms with Gasteiger partial charge < -0.3 is 14.7 Å². The molecule has 156 valence electrons. The highest BCUT2D eigenvalue weighted by Crippen LogP contribution is 2.27. The van der Waals surface area contributed by atoms with Gasteiger partial charge in [0.15, 0.2) is 5.82 Å². The summed E-state index contributed by atoms with van der Waals surface area (Å²) in [6, 6.07) is 20.9. The Hall–Kier alpha value is -3.41. The van der Waals surface area contributed by atoms with Crippen LogP contribution in [0.2, 0.25) is 0 Å². The summed E-state index contributed by atoms with van der Waals surface area (Å²) in [5.74, 6) is -0.131. The lowest BCUT2D eigenvalue weighted by molar-refractivity contribution is -0.135. The zero-order valence-corrected chi connectivity index (χ0v) is 17.3. The molecule has 1 aromatic heterocycles. The summed E-state index contributed by atoms with van der Waals surface area (Å²) in [5.41, 5.74) is 1.81. The predicted octanol–water partition coefficient (Wildman–Crippen LogP) is 4.32. The van der Waals surface area contributed by atoms with Gasteiger partial charge in [-0.2, -0.15) is 0 Å². The zero-order chi connectivity index (χ0) is 21.3. The summed E-state index contributed by atoms with van der Waals surface area (Å²) in [6.45, 7) is 4.65. The van der Waals surface area contributed by atoms with E-state index in [1.54, 1.807) is 11.0 Å². The van der Waals surface area contributed by atoms with E-state index < -0.39 is 5.92 Å². The van der Waals surface area contributed by atoms with Crippen molar-refractivity contribution in [3.05, 3.63) is 84.1 Å². The minimum atomic E-state index is -0.473. The SMILES string of the molecule is CC(C)CCN(CC(=O)Nc1ccon1)C(=O)C(c1ccccc1)c1ccccc1. The molecule has 0 saturated carbocycles. The number of carbonyl (C=O) groups is 2. The van der Waals surface area contributed by atoms with Crippen LogP contribution in [-0.4, -0.2) is 35.0 Å². The molecule has 0 saturated heterocycles. The smallest absolute Gasteiger partial charge is 0.245 e. The number of benzene rings is 2. The molecule has 1 heterocycles. The van der Waals surface area contributed by atoms with E-state index in [0.29, 0.717) is 18.3 Å². The van der Waals surface area contributed by atoms with Gasteiger partial charge in [0.1, 0.15) is 6.26 Å². The number of hydrogen-bond donors (Lipinski definition) is 1. The largest absolute Gasteiger partial charge is 0.363 e. The van der Waals surface area contributed by atoms with Gasteiger partial charge in [-0.05, 0) is 23.5 Å². The van der Waals surface area contributed by atoms with Crippen molar-refractivity contribution in [2.75, 3.05) is 18.4 Å². The second-order valence-corrected chi connectivity index (χ2v) is 7.63. The quantitative estimate of drug-likeness (QED) is 0.575. The molecule has 0 radical (unpaired) electrons. The number of carbonyl (C=O) groups excluding carboxylic acids is 2. The summed E-state index contributed by atoms with van der Waals surface area (Å²) < 4.78 is 4.76. The molecule has 2 aromatic carbocycles. The Balaban J connectivity index is 1.86. The van der Waals surface area contributed by atoms with Gasteiger partial charge in [-0.25, -0.2) is 0 Å². The molecule has 30 heavy (non-hydrogen) atoms. The molecule has 0 aliphatic heterocycles. The lowest BCUT2D eigenvalue weighted by Crippen LogP contribution is -2.42. The van der Waals surface area contributed by atoms with Crippen molar-refractivity contribution in [3.63, 3.8) is 0 Å². The van der Waals surface area contributed by atoms with Crippen LogP contribution in [0.4, 0.5) is 5.82 Å². The predicted molar refractivity (Wildman–Crippen MR) is 116 cm³/mol. The molecule has 0 bridgehead atoms. The van der Waals surface area contributed by atoms with Crippen LogP contribution >= 0.6 is 0 Å². The molecule has 0 aliphatic carbocycles. The molecule has 0 fully saturated rings. The first-order valence-electron chi connectivity index (χ1n) is 10.1. The van der Waals surface area contributed by atoms with E-state index in [1.807, 2.05) is 60.7 Å². The Morgan fingerprint density at radius 1 is 0.967 bits per heavy atom. The van der Waals surface area contributed by atoms with Gasteiger partial charge in [0, 0.05) is 12.6 Å². The van der Waals surface area contributed by atoms with Crippen LogP contribution in [0.1, 0.15) is 37.3 Å². The Kier molecular flexibility index (Phi) is 7.38. The van der Waals surface area contributed by atoms with Gasteiger partial charge >= 0.3 is 0 Å². The van der Waals surface area contributed by atoms with Crippen molar-refractivity contribution >= 4 is 17.6 Å². The first-order chi connectivity index (χ1) is 14.5. The highest BCUT2D eigenvalue weighted by atomic mass is 16.5. The van der Waals surface area contributed by atoms with Gasteiger partial charge in [-0.15, -0.1) is 0 Å². The van der Waals surface area contributed by atoms with Gasteiger partial charge in [-0.3, -0.25) is 9.59 Å². The first-order valence-corrected chi connectivity index (χ1v) is 10.1. The standard InChI is InChI=1S/C24H27N3O3/c1-18(2)13-15-27(17-22(28)25-21-14-16-30-26-21)24(29)23(19-9-5-3-6-10-19)20-11-7-4-8-12-20/h3-12,14,16,18,23H,13,15,17H2,1-2H3,(H,25,26,28). The van der Waals surface area contributed by atoms with Crippen LogP contribution < -0.4 is 5.32 Å². The van der Waals surface area contributed by atoms with E-state index in [-0.39, 0.29) is 18.4 Å². The van der Waals surface area contributed by atoms with Gasteiger partial charge in [-0.1, -0.05) is 79.7 Å². The molecule has 1 N–H and O–H groups in total. The number of anilines is 1. The average molecular weight is 405 g/mol. The van der Waals surface area contributed by atoms with Crippen LogP contribution in [0, 0.1) is 5.92 Å². The first kappa shape index (κ1) is 21.3. The fourth-order valence-corrected chi connectivity index (χ4v) is 3.27. The third-order valence-electron chi connectivity index (χ3n) is 4.84. The normalized spacial score (nSPS) is 10.9. The van der Waals surface area contributed by atoms with E-state index >= 15 is 0 Å². The summed E-state index contributed by atoms with van der Waals surface area (Å²) in [7, 11) is 0. The molecule has 3 aromatic rings. The minimum absolute atomic E-state index is 0.0470. The summed E-state index contributed by atoms with van der Waals surface area (Å²) in [4.78, 5) is 27.9. The molecule has 6 nitrogen and oxygen atoms in total. The molecule has 2 amide bonds. The van der Waals surface area contributed by atoms with E-state index in [0.717, 1.165) is 17.5 Å². The van der Waals surface area contributed by atoms with Crippen LogP contribution in [0.5, 0.6) is 0 Å². The maximum Gasteiger partial charge on any atom is 0.245 e. The minimum Gasteiger partial charge on any atom is -0.363 e. The topological polar surface area (TPSA) is 75.4 Å². The van der Waals surface area contributed by atoms with Crippen LogP contribution in [0.25, 0.3) is 0 Å². The van der Waals surface area contributed by atoms with Crippen LogP contribution in [-0.2, 0) is 9.59 Å². The maximum absolute atomic E-state index is 13.7. The molecule has 0 atom stereocenters. The van der Waals surface area contributed by atoms with E-state index in [1.165, 1.54) is 6.26 Å². The molecular formula is C24H27N3O3. The second kappa shape index (κ2) is 10.4. The highest BCUT2D eigenvalue weighted by Gasteiger charge is 2.28. The van der Waals surface area contributed by atoms with Gasteiger partial charge in [0.25, 0.3) is 0 Å². The molecule has 0 unspecified atom stereocenters. The van der Waals surface area contributed by atoms with Crippen molar-refractivity contribution < 1.29 is 14.1 Å². The van der Waals surface area contributed by atoms with Crippen molar-refractivity contribution in [3.8, 4) is 0 Å². The Bertz CT molecular complexity index is 885. The monoisotopic (exact) mass is 405 g/mol. The molecule has 3 rings (SSSR count). The number of aromatic nitrogens is 1. The number of amides is 2. The Morgan fingerprint density at radius 3 is 2.07 bits per heavy atom. The molecular weight excluding hydrogens is 378 g/mol. The molecule has 0 spiro atoms. The lowest BCUT2D eigenvalue weighted by Gasteiger charge is -2.28. The van der Waals surface area contributed by atoms with E-state index in [9.17, 15) is 9.59 Å². The van der Waals surface area contributed by atoms with Gasteiger partial charge in [0.2, 0.25) is 11.8 Å². The van der Waals surface area contributed by atoms with Crippen molar-refractivity contribution in [1.29, 1.82) is 0 Å². The molecule has 6 heteroatoms. The third kappa shape index (κ3) is 5.80. The van der Waals surface area contributed by atoms with E-state index in [4.69, 9.17) is 4.52 Å². The summed E-state index contributed by atoms with van der Waals surface area (Å²) >= 11 is 0. The van der Waals surface area contributed by atoms with Gasteiger partial charge in [0.05, 0.1) is 12.5 Å². The number of hydrogen-bond acceptors (Lipinski definition) is 4. The van der Waals surface area contributed by atoms with Crippen molar-refractivity contribution in [2.24, 2.45) is 5.92 Å².